The molecule has 2 aromatic rings. The molecule has 3 heteroatoms. The maximum absolute atomic E-state index is 5.30. The number of thiocarbonyl (C=S) groups is 1. The van der Waals surface area contributed by atoms with Crippen molar-refractivity contribution in [3.8, 4) is 0 Å². The van der Waals surface area contributed by atoms with Gasteiger partial charge in [-0.15, -0.1) is 12.6 Å². The van der Waals surface area contributed by atoms with Gasteiger partial charge < -0.3 is 5.32 Å². The van der Waals surface area contributed by atoms with E-state index in [4.69, 9.17) is 12.2 Å². The zero-order valence-electron chi connectivity index (χ0n) is 9.05. The van der Waals surface area contributed by atoms with Crippen LogP contribution in [0.15, 0.2) is 48.5 Å². The first-order valence-electron chi connectivity index (χ1n) is 5.45. The van der Waals surface area contributed by atoms with Crippen molar-refractivity contribution in [3.05, 3.63) is 59.7 Å². The lowest BCUT2D eigenvalue weighted by Crippen LogP contribution is -2.16. The highest BCUT2D eigenvalue weighted by molar-refractivity contribution is 8.11. The minimum atomic E-state index is 0.0991. The minimum absolute atomic E-state index is 0.0991. The van der Waals surface area contributed by atoms with Gasteiger partial charge >= 0.3 is 0 Å². The summed E-state index contributed by atoms with van der Waals surface area (Å²) in [6, 6.07) is 16.5. The van der Waals surface area contributed by atoms with Crippen LogP contribution >= 0.6 is 24.8 Å². The summed E-state index contributed by atoms with van der Waals surface area (Å²) < 4.78 is 0.714. The number of para-hydroxylation sites is 2. The van der Waals surface area contributed by atoms with Gasteiger partial charge in [-0.05, 0) is 23.3 Å². The summed E-state index contributed by atoms with van der Waals surface area (Å²) in [5.41, 5.74) is 4.64. The molecule has 0 unspecified atom stereocenters. The van der Waals surface area contributed by atoms with Crippen LogP contribution in [-0.2, 0) is 0 Å². The molecule has 0 atom stereocenters. The highest BCUT2D eigenvalue weighted by Crippen LogP contribution is 2.42. The molecule has 0 fully saturated rings. The smallest absolute Gasteiger partial charge is 0.0568 e. The second-order valence-corrected chi connectivity index (χ2v) is 5.29. The molecule has 0 bridgehead atoms. The molecule has 84 valence electrons. The maximum atomic E-state index is 5.30. The molecule has 3 rings (SSSR count). The fraction of sp³-hybridized carbons (Fsp3) is 0.0714. The Labute approximate surface area is 111 Å². The van der Waals surface area contributed by atoms with Crippen LogP contribution in [0.1, 0.15) is 17.0 Å². The van der Waals surface area contributed by atoms with Crippen LogP contribution < -0.4 is 5.32 Å². The number of thiol groups is 1. The van der Waals surface area contributed by atoms with E-state index in [0.717, 1.165) is 11.4 Å². The Kier molecular flexibility index (Phi) is 2.65. The average molecular weight is 257 g/mol. The summed E-state index contributed by atoms with van der Waals surface area (Å²) in [6.45, 7) is 0. The number of nitrogens with one attached hydrogen (secondary N) is 1. The fourth-order valence-corrected chi connectivity index (χ4v) is 2.84. The predicted octanol–water partition coefficient (Wildman–Crippen LogP) is 4.13. The third kappa shape index (κ3) is 1.75. The van der Waals surface area contributed by atoms with Crippen molar-refractivity contribution in [1.82, 2.24) is 0 Å². The molecule has 1 N–H and O–H groups in total. The van der Waals surface area contributed by atoms with Gasteiger partial charge in [0.05, 0.1) is 10.1 Å². The molecule has 0 aliphatic carbocycles. The van der Waals surface area contributed by atoms with Gasteiger partial charge in [-0.25, -0.2) is 0 Å². The third-order valence-corrected chi connectivity index (χ3v) is 3.55. The summed E-state index contributed by atoms with van der Waals surface area (Å²) >= 11 is 9.70. The first-order chi connectivity index (χ1) is 8.27. The van der Waals surface area contributed by atoms with E-state index in [9.17, 15) is 0 Å². The van der Waals surface area contributed by atoms with Crippen LogP contribution in [0.25, 0.3) is 0 Å². The molecule has 0 aromatic heterocycles. The molecule has 1 nitrogen and oxygen atoms in total. The van der Waals surface area contributed by atoms with E-state index in [-0.39, 0.29) is 5.92 Å². The van der Waals surface area contributed by atoms with Gasteiger partial charge in [0, 0.05) is 11.4 Å². The standard InChI is InChI=1S/C14H11NS2/c16-14(17)13-9-5-1-3-7-11(9)15-12-8-4-2-6-10(12)13/h1-8,13,15H,(H,16,17). The number of benzene rings is 2. The van der Waals surface area contributed by atoms with Gasteiger partial charge in [0.15, 0.2) is 0 Å². The molecule has 17 heavy (non-hydrogen) atoms. The molecule has 0 radical (unpaired) electrons. The minimum Gasteiger partial charge on any atom is -0.355 e. The third-order valence-electron chi connectivity index (χ3n) is 3.06. The summed E-state index contributed by atoms with van der Waals surface area (Å²) in [6.07, 6.45) is 0. The highest BCUT2D eigenvalue weighted by atomic mass is 32.1. The van der Waals surface area contributed by atoms with E-state index >= 15 is 0 Å². The molecular weight excluding hydrogens is 246 g/mol. The van der Waals surface area contributed by atoms with Crippen LogP contribution in [0.5, 0.6) is 0 Å². The van der Waals surface area contributed by atoms with Crippen LogP contribution in [-0.4, -0.2) is 4.20 Å². The second-order valence-electron chi connectivity index (χ2n) is 4.07. The zero-order valence-corrected chi connectivity index (χ0v) is 10.8. The van der Waals surface area contributed by atoms with E-state index < -0.39 is 0 Å². The number of anilines is 2. The number of rotatable bonds is 1. The van der Waals surface area contributed by atoms with Crippen molar-refractivity contribution >= 4 is 40.4 Å². The predicted molar refractivity (Wildman–Crippen MR) is 79.6 cm³/mol. The molecule has 2 aromatic carbocycles. The molecule has 0 spiro atoms. The SMILES string of the molecule is S=C(S)C1c2ccccc2Nc2ccccc21. The van der Waals surface area contributed by atoms with Gasteiger partial charge in [-0.3, -0.25) is 0 Å². The summed E-state index contributed by atoms with van der Waals surface area (Å²) in [4.78, 5) is 0. The Balaban J connectivity index is 2.24. The molecule has 0 saturated carbocycles. The quantitative estimate of drug-likeness (QED) is 0.588. The van der Waals surface area contributed by atoms with Crippen molar-refractivity contribution in [1.29, 1.82) is 0 Å². The lowest BCUT2D eigenvalue weighted by Gasteiger charge is -2.28. The van der Waals surface area contributed by atoms with Crippen LogP contribution in [0, 0.1) is 0 Å². The van der Waals surface area contributed by atoms with Crippen LogP contribution in [0.3, 0.4) is 0 Å². The summed E-state index contributed by atoms with van der Waals surface area (Å²) in [7, 11) is 0. The summed E-state index contributed by atoms with van der Waals surface area (Å²) in [5.74, 6) is 0.0991. The number of hydrogen-bond donors (Lipinski definition) is 2. The van der Waals surface area contributed by atoms with Gasteiger partial charge in [-0.2, -0.15) is 0 Å². The van der Waals surface area contributed by atoms with E-state index in [2.05, 4.69) is 42.2 Å². The Hall–Kier alpha value is -1.32. The zero-order chi connectivity index (χ0) is 11.8. The first kappa shape index (κ1) is 10.8. The molecule has 1 heterocycles. The lowest BCUT2D eigenvalue weighted by atomic mass is 9.87. The van der Waals surface area contributed by atoms with Crippen molar-refractivity contribution in [2.24, 2.45) is 0 Å². The Morgan fingerprint density at radius 3 is 1.88 bits per heavy atom. The van der Waals surface area contributed by atoms with Gasteiger partial charge in [-0.1, -0.05) is 48.6 Å². The first-order valence-corrected chi connectivity index (χ1v) is 6.30. The van der Waals surface area contributed by atoms with Gasteiger partial charge in [0.2, 0.25) is 0 Å². The Bertz CT molecular complexity index is 547. The molecule has 0 amide bonds. The maximum Gasteiger partial charge on any atom is 0.0568 e. The second kappa shape index (κ2) is 4.17. The van der Waals surface area contributed by atoms with E-state index in [1.807, 2.05) is 24.3 Å². The monoisotopic (exact) mass is 257 g/mol. The van der Waals surface area contributed by atoms with Gasteiger partial charge in [0.25, 0.3) is 0 Å². The summed E-state index contributed by atoms with van der Waals surface area (Å²) in [5, 5.41) is 3.43. The highest BCUT2D eigenvalue weighted by Gasteiger charge is 2.26. The Morgan fingerprint density at radius 1 is 0.941 bits per heavy atom. The largest absolute Gasteiger partial charge is 0.355 e. The van der Waals surface area contributed by atoms with E-state index in [1.165, 1.54) is 11.1 Å². The normalized spacial score (nSPS) is 13.5. The van der Waals surface area contributed by atoms with Crippen LogP contribution in [0.2, 0.25) is 0 Å². The molecule has 1 aliphatic rings. The lowest BCUT2D eigenvalue weighted by molar-refractivity contribution is 1.09. The number of fused-ring (bicyclic) bond motifs is 2. The van der Waals surface area contributed by atoms with Crippen molar-refractivity contribution < 1.29 is 0 Å². The van der Waals surface area contributed by atoms with E-state index in [0.29, 0.717) is 4.20 Å². The topological polar surface area (TPSA) is 12.0 Å². The number of hydrogen-bond acceptors (Lipinski definition) is 2. The fourth-order valence-electron chi connectivity index (χ4n) is 2.30. The van der Waals surface area contributed by atoms with E-state index in [1.54, 1.807) is 0 Å². The Morgan fingerprint density at radius 2 is 1.41 bits per heavy atom. The molecule has 1 aliphatic heterocycles. The van der Waals surface area contributed by atoms with Gasteiger partial charge in [0.1, 0.15) is 0 Å². The van der Waals surface area contributed by atoms with Crippen molar-refractivity contribution in [2.45, 2.75) is 5.92 Å². The van der Waals surface area contributed by atoms with Crippen LogP contribution in [0.4, 0.5) is 11.4 Å². The van der Waals surface area contributed by atoms with Crippen molar-refractivity contribution in [2.75, 3.05) is 5.32 Å². The molecule has 0 saturated heterocycles. The molecular formula is C14H11NS2. The van der Waals surface area contributed by atoms with Crippen molar-refractivity contribution in [3.63, 3.8) is 0 Å². The average Bonchev–Trinajstić information content (AvgIpc) is 2.35.